The highest BCUT2D eigenvalue weighted by Gasteiger charge is 2.18. The van der Waals surface area contributed by atoms with Crippen LogP contribution in [0.4, 0.5) is 0 Å². The summed E-state index contributed by atoms with van der Waals surface area (Å²) in [5.74, 6) is 0.657. The van der Waals surface area contributed by atoms with Crippen LogP contribution >= 0.6 is 0 Å². The Balaban J connectivity index is 2.58. The zero-order chi connectivity index (χ0) is 16.6. The molecule has 3 aromatic rings. The standard InChI is InChI=1S/C19H16N2O2/c1-12-6-4-5-7-14(12)18-16-10-13(23-3)8-9-15(16)19(22)21(2)17(18)11-20/h4-10H,1-3H3. The van der Waals surface area contributed by atoms with Crippen LogP contribution in [0.2, 0.25) is 0 Å². The number of rotatable bonds is 2. The van der Waals surface area contributed by atoms with Crippen LogP contribution in [0.15, 0.2) is 47.3 Å². The lowest BCUT2D eigenvalue weighted by molar-refractivity contribution is 0.415. The monoisotopic (exact) mass is 304 g/mol. The number of benzene rings is 2. The molecule has 0 saturated carbocycles. The van der Waals surface area contributed by atoms with Gasteiger partial charge >= 0.3 is 0 Å². The van der Waals surface area contributed by atoms with Crippen LogP contribution in [0.25, 0.3) is 21.9 Å². The Kier molecular flexibility index (Phi) is 3.63. The maximum absolute atomic E-state index is 12.5. The second-order valence-corrected chi connectivity index (χ2v) is 5.43. The molecule has 2 aromatic carbocycles. The number of hydrogen-bond acceptors (Lipinski definition) is 3. The Morgan fingerprint density at radius 2 is 1.87 bits per heavy atom. The predicted octanol–water partition coefficient (Wildman–Crippen LogP) is 3.39. The first kappa shape index (κ1) is 14.9. The Morgan fingerprint density at radius 1 is 1.13 bits per heavy atom. The zero-order valence-electron chi connectivity index (χ0n) is 13.3. The van der Waals surface area contributed by atoms with E-state index in [0.717, 1.165) is 22.1 Å². The smallest absolute Gasteiger partial charge is 0.259 e. The van der Waals surface area contributed by atoms with E-state index in [1.165, 1.54) is 4.57 Å². The Hall–Kier alpha value is -3.06. The molecule has 0 aliphatic carbocycles. The van der Waals surface area contributed by atoms with Crippen molar-refractivity contribution < 1.29 is 4.74 Å². The van der Waals surface area contributed by atoms with Crippen molar-refractivity contribution in [2.24, 2.45) is 7.05 Å². The largest absolute Gasteiger partial charge is 0.497 e. The summed E-state index contributed by atoms with van der Waals surface area (Å²) in [6.07, 6.45) is 0. The topological polar surface area (TPSA) is 55.0 Å². The first-order valence-electron chi connectivity index (χ1n) is 7.25. The van der Waals surface area contributed by atoms with Gasteiger partial charge in [0.25, 0.3) is 5.56 Å². The SMILES string of the molecule is COc1ccc2c(=O)n(C)c(C#N)c(-c3ccccc3C)c2c1. The van der Waals surface area contributed by atoms with Crippen LogP contribution in [0.5, 0.6) is 5.75 Å². The summed E-state index contributed by atoms with van der Waals surface area (Å²) in [7, 11) is 3.22. The van der Waals surface area contributed by atoms with E-state index in [4.69, 9.17) is 4.74 Å². The quantitative estimate of drug-likeness (QED) is 0.729. The van der Waals surface area contributed by atoms with Gasteiger partial charge in [0.15, 0.2) is 0 Å². The number of aromatic nitrogens is 1. The minimum absolute atomic E-state index is 0.184. The molecule has 4 heteroatoms. The van der Waals surface area contributed by atoms with Crippen molar-refractivity contribution in [1.29, 1.82) is 5.26 Å². The van der Waals surface area contributed by atoms with E-state index in [-0.39, 0.29) is 5.56 Å². The van der Waals surface area contributed by atoms with Crippen molar-refractivity contribution in [1.82, 2.24) is 4.57 Å². The maximum atomic E-state index is 12.5. The van der Waals surface area contributed by atoms with Crippen molar-refractivity contribution in [2.45, 2.75) is 6.92 Å². The predicted molar refractivity (Wildman–Crippen MR) is 90.6 cm³/mol. The number of hydrogen-bond donors (Lipinski definition) is 0. The molecular weight excluding hydrogens is 288 g/mol. The summed E-state index contributed by atoms with van der Waals surface area (Å²) >= 11 is 0. The number of ether oxygens (including phenoxy) is 1. The lowest BCUT2D eigenvalue weighted by Gasteiger charge is -2.15. The lowest BCUT2D eigenvalue weighted by Crippen LogP contribution is -2.20. The summed E-state index contributed by atoms with van der Waals surface area (Å²) in [6.45, 7) is 1.99. The molecule has 0 fully saturated rings. The lowest BCUT2D eigenvalue weighted by atomic mass is 9.94. The van der Waals surface area contributed by atoms with Gasteiger partial charge in [-0.25, -0.2) is 0 Å². The Bertz CT molecular complexity index is 1010. The maximum Gasteiger partial charge on any atom is 0.259 e. The van der Waals surface area contributed by atoms with Gasteiger partial charge in [-0.3, -0.25) is 4.79 Å². The van der Waals surface area contributed by atoms with Crippen LogP contribution in [0, 0.1) is 18.3 Å². The molecule has 0 N–H and O–H groups in total. The van der Waals surface area contributed by atoms with Gasteiger partial charge in [0.05, 0.1) is 7.11 Å². The molecule has 23 heavy (non-hydrogen) atoms. The van der Waals surface area contributed by atoms with E-state index in [0.29, 0.717) is 16.8 Å². The summed E-state index contributed by atoms with van der Waals surface area (Å²) in [5.41, 5.74) is 2.92. The van der Waals surface area contributed by atoms with Crippen LogP contribution in [0.1, 0.15) is 11.3 Å². The third-order valence-electron chi connectivity index (χ3n) is 4.12. The van der Waals surface area contributed by atoms with E-state index < -0.39 is 0 Å². The van der Waals surface area contributed by atoms with Crippen LogP contribution in [-0.2, 0) is 7.05 Å². The van der Waals surface area contributed by atoms with Crippen molar-refractivity contribution in [2.75, 3.05) is 7.11 Å². The van der Waals surface area contributed by atoms with Gasteiger partial charge in [0.1, 0.15) is 17.5 Å². The highest BCUT2D eigenvalue weighted by molar-refractivity contribution is 5.99. The van der Waals surface area contributed by atoms with E-state index in [1.54, 1.807) is 26.3 Å². The zero-order valence-corrected chi connectivity index (χ0v) is 13.3. The molecule has 1 aromatic heterocycles. The minimum atomic E-state index is -0.184. The summed E-state index contributed by atoms with van der Waals surface area (Å²) in [4.78, 5) is 12.5. The van der Waals surface area contributed by atoms with Crippen molar-refractivity contribution in [3.63, 3.8) is 0 Å². The number of pyridine rings is 1. The van der Waals surface area contributed by atoms with Crippen molar-refractivity contribution in [3.8, 4) is 22.9 Å². The summed E-state index contributed by atoms with van der Waals surface area (Å²) in [5, 5.41) is 10.9. The van der Waals surface area contributed by atoms with Gasteiger partial charge in [-0.15, -0.1) is 0 Å². The van der Waals surface area contributed by atoms with Gasteiger partial charge in [-0.05, 0) is 36.2 Å². The minimum Gasteiger partial charge on any atom is -0.497 e. The van der Waals surface area contributed by atoms with Gasteiger partial charge in [-0.1, -0.05) is 24.3 Å². The molecule has 0 aliphatic heterocycles. The highest BCUT2D eigenvalue weighted by Crippen LogP contribution is 2.34. The van der Waals surface area contributed by atoms with Gasteiger partial charge in [0.2, 0.25) is 0 Å². The number of methoxy groups -OCH3 is 1. The first-order chi connectivity index (χ1) is 11.1. The molecule has 0 saturated heterocycles. The fourth-order valence-corrected chi connectivity index (χ4v) is 2.88. The number of nitrogens with zero attached hydrogens (tertiary/aromatic N) is 2. The molecule has 0 spiro atoms. The van der Waals surface area contributed by atoms with Crippen LogP contribution in [0.3, 0.4) is 0 Å². The van der Waals surface area contributed by atoms with Gasteiger partial charge in [0, 0.05) is 23.4 Å². The molecule has 114 valence electrons. The van der Waals surface area contributed by atoms with E-state index >= 15 is 0 Å². The highest BCUT2D eigenvalue weighted by atomic mass is 16.5. The van der Waals surface area contributed by atoms with Crippen LogP contribution < -0.4 is 10.3 Å². The molecule has 0 aliphatic rings. The average Bonchev–Trinajstić information content (AvgIpc) is 2.58. The molecular formula is C19H16N2O2. The number of nitriles is 1. The molecule has 4 nitrogen and oxygen atoms in total. The molecule has 0 unspecified atom stereocenters. The molecule has 1 heterocycles. The molecule has 0 amide bonds. The second kappa shape index (κ2) is 5.62. The van der Waals surface area contributed by atoms with Crippen molar-refractivity contribution >= 4 is 10.8 Å². The summed E-state index contributed by atoms with van der Waals surface area (Å²) < 4.78 is 6.71. The Labute approximate surface area is 134 Å². The fraction of sp³-hybridized carbons (Fsp3) is 0.158. The molecule has 3 rings (SSSR count). The third kappa shape index (κ3) is 2.27. The molecule has 0 bridgehead atoms. The van der Waals surface area contributed by atoms with Gasteiger partial charge < -0.3 is 9.30 Å². The fourth-order valence-electron chi connectivity index (χ4n) is 2.88. The normalized spacial score (nSPS) is 10.5. The Morgan fingerprint density at radius 3 is 2.52 bits per heavy atom. The number of aryl methyl sites for hydroxylation is 1. The molecule has 0 atom stereocenters. The van der Waals surface area contributed by atoms with E-state index in [1.807, 2.05) is 37.3 Å². The molecule has 0 radical (unpaired) electrons. The average molecular weight is 304 g/mol. The summed E-state index contributed by atoms with van der Waals surface area (Å²) in [6, 6.07) is 15.4. The van der Waals surface area contributed by atoms with E-state index in [9.17, 15) is 10.1 Å². The number of fused-ring (bicyclic) bond motifs is 1. The van der Waals surface area contributed by atoms with Gasteiger partial charge in [-0.2, -0.15) is 5.26 Å². The first-order valence-corrected chi connectivity index (χ1v) is 7.25. The van der Waals surface area contributed by atoms with Crippen molar-refractivity contribution in [3.05, 3.63) is 64.1 Å². The van der Waals surface area contributed by atoms with Crippen LogP contribution in [-0.4, -0.2) is 11.7 Å². The van der Waals surface area contributed by atoms with E-state index in [2.05, 4.69) is 6.07 Å². The second-order valence-electron chi connectivity index (χ2n) is 5.43. The third-order valence-corrected chi connectivity index (χ3v) is 4.12.